The molecule has 152 valence electrons. The van der Waals surface area contributed by atoms with Gasteiger partial charge < -0.3 is 15.2 Å². The van der Waals surface area contributed by atoms with Gasteiger partial charge in [-0.3, -0.25) is 19.4 Å². The number of halogens is 1. The molecule has 0 aliphatic carbocycles. The van der Waals surface area contributed by atoms with Crippen molar-refractivity contribution in [2.75, 3.05) is 5.32 Å². The van der Waals surface area contributed by atoms with Crippen molar-refractivity contribution >= 4 is 33.4 Å². The van der Waals surface area contributed by atoms with Gasteiger partial charge in [-0.05, 0) is 46.5 Å². The highest BCUT2D eigenvalue weighted by molar-refractivity contribution is 9.10. The summed E-state index contributed by atoms with van der Waals surface area (Å²) in [7, 11) is 0. The second kappa shape index (κ2) is 9.98. The molecule has 29 heavy (non-hydrogen) atoms. The van der Waals surface area contributed by atoms with E-state index in [0.717, 1.165) is 0 Å². The van der Waals surface area contributed by atoms with Gasteiger partial charge in [-0.2, -0.15) is 5.26 Å². The lowest BCUT2D eigenvalue weighted by molar-refractivity contribution is -0.125. The van der Waals surface area contributed by atoms with Gasteiger partial charge >= 0.3 is 0 Å². The Bertz CT molecular complexity index is 996. The van der Waals surface area contributed by atoms with Crippen molar-refractivity contribution in [1.82, 2.24) is 14.9 Å². The topological polar surface area (TPSA) is 117 Å². The molecule has 0 spiro atoms. The van der Waals surface area contributed by atoms with Gasteiger partial charge in [0.2, 0.25) is 11.8 Å². The summed E-state index contributed by atoms with van der Waals surface area (Å²) in [6.07, 6.45) is 4.96. The van der Waals surface area contributed by atoms with Crippen molar-refractivity contribution in [1.29, 1.82) is 5.26 Å². The van der Waals surface area contributed by atoms with E-state index in [2.05, 4.69) is 37.6 Å². The molecule has 0 saturated heterocycles. The lowest BCUT2D eigenvalue weighted by Crippen LogP contribution is -2.39. The second-order valence-corrected chi connectivity index (χ2v) is 7.88. The molecule has 0 fully saturated rings. The van der Waals surface area contributed by atoms with E-state index in [0.29, 0.717) is 16.5 Å². The SMILES string of the molecule is CC(=O)Nc1cccn([C@@H](CC(C)C)C(=O)NC(C#N)c2cncc(Br)c2)c1=O. The van der Waals surface area contributed by atoms with Crippen molar-refractivity contribution in [3.05, 3.63) is 57.2 Å². The van der Waals surface area contributed by atoms with E-state index < -0.39 is 23.6 Å². The smallest absolute Gasteiger partial charge is 0.275 e. The normalized spacial score (nSPS) is 12.7. The van der Waals surface area contributed by atoms with Crippen LogP contribution in [-0.4, -0.2) is 21.4 Å². The fourth-order valence-electron chi connectivity index (χ4n) is 2.85. The van der Waals surface area contributed by atoms with Crippen LogP contribution in [0.3, 0.4) is 0 Å². The first kappa shape index (κ1) is 22.3. The van der Waals surface area contributed by atoms with Gasteiger partial charge in [-0.1, -0.05) is 13.8 Å². The van der Waals surface area contributed by atoms with Crippen LogP contribution in [0, 0.1) is 17.2 Å². The third-order valence-electron chi connectivity index (χ3n) is 4.09. The summed E-state index contributed by atoms with van der Waals surface area (Å²) < 4.78 is 1.97. The Kier molecular flexibility index (Phi) is 7.67. The van der Waals surface area contributed by atoms with Gasteiger partial charge in [0.1, 0.15) is 17.8 Å². The zero-order valence-electron chi connectivity index (χ0n) is 16.3. The number of hydrogen-bond acceptors (Lipinski definition) is 5. The fourth-order valence-corrected chi connectivity index (χ4v) is 3.23. The monoisotopic (exact) mass is 459 g/mol. The summed E-state index contributed by atoms with van der Waals surface area (Å²) in [5, 5.41) is 14.7. The van der Waals surface area contributed by atoms with Crippen LogP contribution >= 0.6 is 15.9 Å². The van der Waals surface area contributed by atoms with Crippen LogP contribution in [0.15, 0.2) is 46.1 Å². The number of nitrogens with one attached hydrogen (secondary N) is 2. The summed E-state index contributed by atoms with van der Waals surface area (Å²) in [4.78, 5) is 41.2. The van der Waals surface area contributed by atoms with E-state index in [4.69, 9.17) is 0 Å². The van der Waals surface area contributed by atoms with Gasteiger partial charge in [0.05, 0.1) is 6.07 Å². The number of carbonyl (C=O) groups excluding carboxylic acids is 2. The number of hydrogen-bond donors (Lipinski definition) is 2. The van der Waals surface area contributed by atoms with Crippen LogP contribution in [0.1, 0.15) is 44.8 Å². The molecule has 0 aliphatic heterocycles. The number of amides is 2. The molecule has 0 bridgehead atoms. The molecular weight excluding hydrogens is 438 g/mol. The summed E-state index contributed by atoms with van der Waals surface area (Å²) in [5.41, 5.74) is 0.133. The summed E-state index contributed by atoms with van der Waals surface area (Å²) in [6, 6.07) is 5.06. The molecule has 1 unspecified atom stereocenters. The highest BCUT2D eigenvalue weighted by atomic mass is 79.9. The third kappa shape index (κ3) is 5.99. The van der Waals surface area contributed by atoms with Gasteiger partial charge in [0, 0.05) is 35.6 Å². The quantitative estimate of drug-likeness (QED) is 0.659. The van der Waals surface area contributed by atoms with Crippen LogP contribution in [0.2, 0.25) is 0 Å². The highest BCUT2D eigenvalue weighted by Crippen LogP contribution is 2.21. The van der Waals surface area contributed by atoms with Crippen LogP contribution in [0.25, 0.3) is 0 Å². The van der Waals surface area contributed by atoms with E-state index in [-0.39, 0.29) is 17.5 Å². The lowest BCUT2D eigenvalue weighted by atomic mass is 10.0. The minimum Gasteiger partial charge on any atom is -0.335 e. The lowest BCUT2D eigenvalue weighted by Gasteiger charge is -2.23. The molecule has 2 rings (SSSR count). The maximum atomic E-state index is 13.1. The van der Waals surface area contributed by atoms with E-state index in [1.807, 2.05) is 13.8 Å². The van der Waals surface area contributed by atoms with E-state index >= 15 is 0 Å². The summed E-state index contributed by atoms with van der Waals surface area (Å²) >= 11 is 3.30. The van der Waals surface area contributed by atoms with Crippen molar-refractivity contribution in [2.45, 2.75) is 39.3 Å². The van der Waals surface area contributed by atoms with E-state index in [9.17, 15) is 19.6 Å². The second-order valence-electron chi connectivity index (χ2n) is 6.97. The minimum atomic E-state index is -0.920. The highest BCUT2D eigenvalue weighted by Gasteiger charge is 2.26. The van der Waals surface area contributed by atoms with Gasteiger partial charge in [-0.15, -0.1) is 0 Å². The minimum absolute atomic E-state index is 0.0922. The first-order valence-electron chi connectivity index (χ1n) is 9.02. The van der Waals surface area contributed by atoms with Crippen molar-refractivity contribution in [2.24, 2.45) is 5.92 Å². The molecule has 8 nitrogen and oxygen atoms in total. The molecule has 2 aromatic heterocycles. The molecule has 2 N–H and O–H groups in total. The summed E-state index contributed by atoms with van der Waals surface area (Å²) in [6.45, 7) is 5.17. The molecule has 2 aromatic rings. The molecule has 9 heteroatoms. The molecule has 2 atom stereocenters. The van der Waals surface area contributed by atoms with Gasteiger partial charge in [0.25, 0.3) is 5.56 Å². The molecule has 0 saturated carbocycles. The Morgan fingerprint density at radius 2 is 2.07 bits per heavy atom. The standard InChI is InChI=1S/C20H22BrN5O3/c1-12(2)7-18(26-6-4-5-16(20(26)29)24-13(3)27)19(28)25-17(9-22)14-8-15(21)11-23-10-14/h4-6,8,10-12,17-18H,7H2,1-3H3,(H,24,27)(H,25,28)/t17?,18-/m0/s1. The van der Waals surface area contributed by atoms with Crippen LogP contribution in [-0.2, 0) is 9.59 Å². The first-order chi connectivity index (χ1) is 13.7. The maximum absolute atomic E-state index is 13.1. The number of rotatable bonds is 7. The van der Waals surface area contributed by atoms with Crippen molar-refractivity contribution < 1.29 is 9.59 Å². The molecular formula is C20H22BrN5O3. The number of nitrogens with zero attached hydrogens (tertiary/aromatic N) is 3. The largest absolute Gasteiger partial charge is 0.335 e. The Hall–Kier alpha value is -2.99. The van der Waals surface area contributed by atoms with Crippen LogP contribution in [0.5, 0.6) is 0 Å². The first-order valence-corrected chi connectivity index (χ1v) is 9.81. The van der Waals surface area contributed by atoms with Crippen LogP contribution in [0.4, 0.5) is 5.69 Å². The number of pyridine rings is 2. The van der Waals surface area contributed by atoms with E-state index in [1.165, 1.54) is 30.0 Å². The summed E-state index contributed by atoms with van der Waals surface area (Å²) in [5.74, 6) is -0.737. The Morgan fingerprint density at radius 1 is 1.34 bits per heavy atom. The zero-order chi connectivity index (χ0) is 21.6. The Morgan fingerprint density at radius 3 is 2.66 bits per heavy atom. The van der Waals surface area contributed by atoms with Gasteiger partial charge in [-0.25, -0.2) is 0 Å². The van der Waals surface area contributed by atoms with Crippen molar-refractivity contribution in [3.8, 4) is 6.07 Å². The number of aromatic nitrogens is 2. The predicted molar refractivity (Wildman–Crippen MR) is 112 cm³/mol. The Labute approximate surface area is 177 Å². The number of nitriles is 1. The average molecular weight is 460 g/mol. The zero-order valence-corrected chi connectivity index (χ0v) is 17.9. The molecule has 0 aromatic carbocycles. The van der Waals surface area contributed by atoms with Gasteiger partial charge in [0.15, 0.2) is 0 Å². The Balaban J connectivity index is 2.37. The van der Waals surface area contributed by atoms with Crippen LogP contribution < -0.4 is 16.2 Å². The maximum Gasteiger partial charge on any atom is 0.275 e. The number of carbonyl (C=O) groups is 2. The number of anilines is 1. The molecule has 0 radical (unpaired) electrons. The van der Waals surface area contributed by atoms with Crippen molar-refractivity contribution in [3.63, 3.8) is 0 Å². The molecule has 2 amide bonds. The average Bonchev–Trinajstić information content (AvgIpc) is 2.65. The van der Waals surface area contributed by atoms with E-state index in [1.54, 1.807) is 18.3 Å². The third-order valence-corrected chi connectivity index (χ3v) is 4.53. The molecule has 2 heterocycles. The predicted octanol–water partition coefficient (Wildman–Crippen LogP) is 2.93. The molecule has 0 aliphatic rings. The fraction of sp³-hybridized carbons (Fsp3) is 0.350.